The Hall–Kier alpha value is -1.06. The van der Waals surface area contributed by atoms with Crippen molar-refractivity contribution >= 4 is 5.69 Å². The Morgan fingerprint density at radius 2 is 2.19 bits per heavy atom. The zero-order chi connectivity index (χ0) is 11.8. The predicted molar refractivity (Wildman–Crippen MR) is 66.3 cm³/mol. The number of hydrogen-bond donors (Lipinski definition) is 1. The summed E-state index contributed by atoms with van der Waals surface area (Å²) in [5.74, 6) is 5.33. The van der Waals surface area contributed by atoms with Gasteiger partial charge >= 0.3 is 0 Å². The van der Waals surface area contributed by atoms with Crippen LogP contribution in [0.3, 0.4) is 0 Å². The van der Waals surface area contributed by atoms with Crippen molar-refractivity contribution in [2.45, 2.75) is 32.8 Å². The largest absolute Gasteiger partial charge is 0.371 e. The van der Waals surface area contributed by atoms with Gasteiger partial charge in [0.05, 0.1) is 0 Å². The van der Waals surface area contributed by atoms with Crippen molar-refractivity contribution in [3.63, 3.8) is 0 Å². The topological polar surface area (TPSA) is 38.5 Å². The molecule has 0 amide bonds. The fourth-order valence-electron chi connectivity index (χ4n) is 2.24. The van der Waals surface area contributed by atoms with Crippen molar-refractivity contribution in [1.29, 1.82) is 0 Å². The van der Waals surface area contributed by atoms with Gasteiger partial charge in [0.1, 0.15) is 5.60 Å². The highest BCUT2D eigenvalue weighted by molar-refractivity contribution is 5.59. The van der Waals surface area contributed by atoms with Gasteiger partial charge in [0.2, 0.25) is 0 Å². The second-order valence-corrected chi connectivity index (χ2v) is 4.80. The molecule has 0 spiro atoms. The molecule has 0 radical (unpaired) electrons. The van der Waals surface area contributed by atoms with Crippen molar-refractivity contribution < 1.29 is 4.84 Å². The van der Waals surface area contributed by atoms with Gasteiger partial charge in [-0.1, -0.05) is 12.1 Å². The number of anilines is 1. The molecule has 0 atom stereocenters. The maximum Gasteiger partial charge on any atom is 0.109 e. The first kappa shape index (κ1) is 11.4. The van der Waals surface area contributed by atoms with Crippen molar-refractivity contribution in [1.82, 2.24) is 0 Å². The number of nitrogens with two attached hydrogens (primary N) is 1. The lowest BCUT2D eigenvalue weighted by Gasteiger charge is -2.23. The van der Waals surface area contributed by atoms with E-state index in [2.05, 4.69) is 30.0 Å². The summed E-state index contributed by atoms with van der Waals surface area (Å²) < 4.78 is 0. The zero-order valence-corrected chi connectivity index (χ0v) is 10.3. The van der Waals surface area contributed by atoms with Crippen LogP contribution in [0, 0.1) is 0 Å². The van der Waals surface area contributed by atoms with E-state index in [9.17, 15) is 0 Å². The van der Waals surface area contributed by atoms with Gasteiger partial charge in [-0.25, -0.2) is 5.90 Å². The van der Waals surface area contributed by atoms with E-state index in [0.29, 0.717) is 0 Å². The molecule has 1 aliphatic heterocycles. The van der Waals surface area contributed by atoms with Gasteiger partial charge in [-0.3, -0.25) is 4.84 Å². The lowest BCUT2D eigenvalue weighted by Crippen LogP contribution is -2.25. The molecule has 0 aromatic heterocycles. The highest BCUT2D eigenvalue weighted by Gasteiger charge is 2.24. The molecule has 0 unspecified atom stereocenters. The number of rotatable bonds is 3. The van der Waals surface area contributed by atoms with Crippen LogP contribution in [0.5, 0.6) is 0 Å². The fraction of sp³-hybridized carbons (Fsp3) is 0.538. The minimum atomic E-state index is -0.408. The molecule has 0 fully saturated rings. The van der Waals surface area contributed by atoms with Crippen LogP contribution >= 0.6 is 0 Å². The number of hydrogen-bond acceptors (Lipinski definition) is 3. The standard InChI is InChI=1S/C13H20N2O/c1-4-15-8-7-10-9-11(5-6-12(10)15)13(2,3)16-14/h5-6,9H,4,7-8,14H2,1-3H3. The van der Waals surface area contributed by atoms with Crippen molar-refractivity contribution in [3.05, 3.63) is 29.3 Å². The van der Waals surface area contributed by atoms with Crippen molar-refractivity contribution in [2.75, 3.05) is 18.0 Å². The fourth-order valence-corrected chi connectivity index (χ4v) is 2.24. The Morgan fingerprint density at radius 3 is 2.81 bits per heavy atom. The monoisotopic (exact) mass is 220 g/mol. The second kappa shape index (κ2) is 4.07. The first-order valence-electron chi connectivity index (χ1n) is 5.84. The predicted octanol–water partition coefficient (Wildman–Crippen LogP) is 2.19. The summed E-state index contributed by atoms with van der Waals surface area (Å²) >= 11 is 0. The van der Waals surface area contributed by atoms with Gasteiger partial charge in [0.15, 0.2) is 0 Å². The number of nitrogens with zero attached hydrogens (tertiary/aromatic N) is 1. The highest BCUT2D eigenvalue weighted by atomic mass is 16.6. The summed E-state index contributed by atoms with van der Waals surface area (Å²) in [5.41, 5.74) is 3.50. The van der Waals surface area contributed by atoms with E-state index in [1.54, 1.807) is 0 Å². The molecule has 88 valence electrons. The smallest absolute Gasteiger partial charge is 0.109 e. The van der Waals surface area contributed by atoms with Crippen LogP contribution in [0.4, 0.5) is 5.69 Å². The molecular formula is C13H20N2O. The van der Waals surface area contributed by atoms with Gasteiger partial charge in [-0.05, 0) is 44.4 Å². The summed E-state index contributed by atoms with van der Waals surface area (Å²) in [6.45, 7) is 8.36. The summed E-state index contributed by atoms with van der Waals surface area (Å²) in [6, 6.07) is 6.51. The maximum absolute atomic E-state index is 5.33. The molecule has 1 heterocycles. The molecule has 0 saturated carbocycles. The van der Waals surface area contributed by atoms with Crippen LogP contribution < -0.4 is 10.8 Å². The molecule has 0 aliphatic carbocycles. The minimum absolute atomic E-state index is 0.408. The Bertz CT molecular complexity index is 388. The number of likely N-dealkylation sites (N-methyl/N-ethyl adjacent to an activating group) is 1. The Labute approximate surface area is 97.1 Å². The summed E-state index contributed by atoms with van der Waals surface area (Å²) in [6.07, 6.45) is 1.12. The van der Waals surface area contributed by atoms with Crippen LogP contribution in [0.15, 0.2) is 18.2 Å². The van der Waals surface area contributed by atoms with Gasteiger partial charge in [-0.15, -0.1) is 0 Å². The van der Waals surface area contributed by atoms with E-state index in [4.69, 9.17) is 10.7 Å². The van der Waals surface area contributed by atoms with Crippen LogP contribution in [0.1, 0.15) is 31.9 Å². The summed E-state index contributed by atoms with van der Waals surface area (Å²) in [7, 11) is 0. The Kier molecular flexibility index (Phi) is 2.91. The Morgan fingerprint density at radius 1 is 1.44 bits per heavy atom. The van der Waals surface area contributed by atoms with Gasteiger partial charge in [0.25, 0.3) is 0 Å². The van der Waals surface area contributed by atoms with E-state index in [-0.39, 0.29) is 0 Å². The zero-order valence-electron chi connectivity index (χ0n) is 10.3. The third kappa shape index (κ3) is 1.81. The lowest BCUT2D eigenvalue weighted by molar-refractivity contribution is -0.0236. The molecule has 3 nitrogen and oxygen atoms in total. The van der Waals surface area contributed by atoms with Gasteiger partial charge < -0.3 is 4.90 Å². The van der Waals surface area contributed by atoms with Crippen molar-refractivity contribution in [3.8, 4) is 0 Å². The highest BCUT2D eigenvalue weighted by Crippen LogP contribution is 2.32. The SMILES string of the molecule is CCN1CCc2cc(C(C)(C)ON)ccc21. The van der Waals surface area contributed by atoms with E-state index >= 15 is 0 Å². The van der Waals surface area contributed by atoms with Crippen molar-refractivity contribution in [2.24, 2.45) is 5.90 Å². The normalized spacial score (nSPS) is 15.4. The minimum Gasteiger partial charge on any atom is -0.371 e. The average Bonchev–Trinajstić information content (AvgIpc) is 2.70. The van der Waals surface area contributed by atoms with Gasteiger partial charge in [0, 0.05) is 18.8 Å². The number of benzene rings is 1. The number of fused-ring (bicyclic) bond motifs is 1. The quantitative estimate of drug-likeness (QED) is 0.794. The maximum atomic E-state index is 5.33. The molecule has 16 heavy (non-hydrogen) atoms. The van der Waals surface area contributed by atoms with Crippen LogP contribution in [0.25, 0.3) is 0 Å². The summed E-state index contributed by atoms with van der Waals surface area (Å²) in [5, 5.41) is 0. The van der Waals surface area contributed by atoms with Crippen LogP contribution in [0.2, 0.25) is 0 Å². The average molecular weight is 220 g/mol. The van der Waals surface area contributed by atoms with E-state index in [1.807, 2.05) is 13.8 Å². The molecule has 1 aromatic rings. The molecular weight excluding hydrogens is 200 g/mol. The molecule has 1 aliphatic rings. The second-order valence-electron chi connectivity index (χ2n) is 4.80. The van der Waals surface area contributed by atoms with E-state index in [1.165, 1.54) is 11.3 Å². The van der Waals surface area contributed by atoms with Crippen LogP contribution in [-0.2, 0) is 16.9 Å². The first-order valence-corrected chi connectivity index (χ1v) is 5.84. The van der Waals surface area contributed by atoms with Crippen LogP contribution in [-0.4, -0.2) is 13.1 Å². The molecule has 2 N–H and O–H groups in total. The van der Waals surface area contributed by atoms with Gasteiger partial charge in [-0.2, -0.15) is 0 Å². The molecule has 2 rings (SSSR count). The molecule has 3 heteroatoms. The molecule has 0 bridgehead atoms. The third-order valence-corrected chi connectivity index (χ3v) is 3.44. The first-order chi connectivity index (χ1) is 7.58. The Balaban J connectivity index is 2.35. The summed E-state index contributed by atoms with van der Waals surface area (Å²) in [4.78, 5) is 7.42. The lowest BCUT2D eigenvalue weighted by atomic mass is 9.95. The molecule has 1 aromatic carbocycles. The van der Waals surface area contributed by atoms with E-state index < -0.39 is 5.60 Å². The molecule has 0 saturated heterocycles. The third-order valence-electron chi connectivity index (χ3n) is 3.44. The van der Waals surface area contributed by atoms with E-state index in [0.717, 1.165) is 25.1 Å².